The molecule has 3 rings (SSSR count). The van der Waals surface area contributed by atoms with Crippen LogP contribution in [0.5, 0.6) is 5.75 Å². The maximum atomic E-state index is 13.5. The first-order valence-corrected chi connectivity index (χ1v) is 11.7. The van der Waals surface area contributed by atoms with Gasteiger partial charge in [-0.15, -0.1) is 0 Å². The summed E-state index contributed by atoms with van der Waals surface area (Å²) in [6.07, 6.45) is -0.319. The number of aromatic nitrogens is 3. The molecule has 1 heterocycles. The standard InChI is InChI=1S/C25H29ClN4O6/c1-15(2)36-21-10-9-19(13-16(21)3)27-23-28(4)24(34)30(20(11-12-31)22(32)33)25(35)29(23)14-17-5-7-18(26)8-6-17/h5-10,13,15,20,31H,11-12,14H2,1-4H3,(H,32,33)/b27-23+/t20-/m0/s1. The van der Waals surface area contributed by atoms with Crippen LogP contribution in [0, 0.1) is 6.92 Å². The normalized spacial score (nSPS) is 12.7. The number of aliphatic hydroxyl groups excluding tert-OH is 1. The number of benzene rings is 2. The van der Waals surface area contributed by atoms with E-state index in [0.29, 0.717) is 26.6 Å². The van der Waals surface area contributed by atoms with Crippen molar-refractivity contribution in [2.45, 2.75) is 45.9 Å². The predicted molar refractivity (Wildman–Crippen MR) is 135 cm³/mol. The van der Waals surface area contributed by atoms with Crippen molar-refractivity contribution in [2.24, 2.45) is 12.0 Å². The number of carboxylic acid groups (broad SMARTS) is 1. The van der Waals surface area contributed by atoms with Crippen LogP contribution in [0.4, 0.5) is 5.69 Å². The molecule has 0 bridgehead atoms. The molecule has 0 saturated carbocycles. The Bertz CT molecular complexity index is 1440. The number of hydrogen-bond acceptors (Lipinski definition) is 6. The molecule has 2 N–H and O–H groups in total. The average molecular weight is 517 g/mol. The molecule has 0 aliphatic carbocycles. The molecule has 0 radical (unpaired) electrons. The molecule has 2 aromatic carbocycles. The third-order valence-electron chi connectivity index (χ3n) is 5.47. The fraction of sp³-hybridized carbons (Fsp3) is 0.360. The molecule has 36 heavy (non-hydrogen) atoms. The lowest BCUT2D eigenvalue weighted by molar-refractivity contribution is -0.141. The Kier molecular flexibility index (Phi) is 8.54. The second-order valence-corrected chi connectivity index (χ2v) is 9.04. The molecule has 10 nitrogen and oxygen atoms in total. The molecule has 3 aromatic rings. The van der Waals surface area contributed by atoms with Crippen LogP contribution in [-0.2, 0) is 18.4 Å². The van der Waals surface area contributed by atoms with Gasteiger partial charge in [0.2, 0.25) is 5.62 Å². The topological polar surface area (TPSA) is 128 Å². The number of rotatable bonds is 9. The van der Waals surface area contributed by atoms with Crippen molar-refractivity contribution < 1.29 is 19.7 Å². The molecule has 192 valence electrons. The number of halogens is 1. The molecular weight excluding hydrogens is 488 g/mol. The smallest absolute Gasteiger partial charge is 0.336 e. The summed E-state index contributed by atoms with van der Waals surface area (Å²) in [7, 11) is 1.41. The van der Waals surface area contributed by atoms with Crippen molar-refractivity contribution in [3.8, 4) is 5.75 Å². The molecule has 0 amide bonds. The van der Waals surface area contributed by atoms with Gasteiger partial charge in [-0.2, -0.15) is 0 Å². The van der Waals surface area contributed by atoms with Gasteiger partial charge in [0.05, 0.1) is 18.3 Å². The monoisotopic (exact) mass is 516 g/mol. The first kappa shape index (κ1) is 27.0. The van der Waals surface area contributed by atoms with E-state index >= 15 is 0 Å². The van der Waals surface area contributed by atoms with E-state index < -0.39 is 30.0 Å². The average Bonchev–Trinajstić information content (AvgIpc) is 2.82. The van der Waals surface area contributed by atoms with Gasteiger partial charge in [-0.25, -0.2) is 23.9 Å². The Morgan fingerprint density at radius 3 is 2.33 bits per heavy atom. The largest absolute Gasteiger partial charge is 0.491 e. The minimum absolute atomic E-state index is 0.00193. The molecular formula is C25H29ClN4O6. The van der Waals surface area contributed by atoms with Crippen molar-refractivity contribution in [1.29, 1.82) is 0 Å². The number of aryl methyl sites for hydroxylation is 1. The van der Waals surface area contributed by atoms with Gasteiger partial charge in [0, 0.05) is 25.1 Å². The molecule has 0 aliphatic heterocycles. The van der Waals surface area contributed by atoms with Gasteiger partial charge in [-0.1, -0.05) is 23.7 Å². The molecule has 0 unspecified atom stereocenters. The second kappa shape index (κ2) is 11.4. The van der Waals surface area contributed by atoms with E-state index in [9.17, 15) is 24.6 Å². The van der Waals surface area contributed by atoms with Gasteiger partial charge in [-0.3, -0.25) is 9.13 Å². The minimum atomic E-state index is -1.54. The van der Waals surface area contributed by atoms with Gasteiger partial charge in [-0.05, 0) is 62.2 Å². The number of ether oxygens (including phenoxy) is 1. The lowest BCUT2D eigenvalue weighted by Crippen LogP contribution is -2.56. The lowest BCUT2D eigenvalue weighted by atomic mass is 10.2. The molecule has 1 atom stereocenters. The van der Waals surface area contributed by atoms with Gasteiger partial charge in [0.15, 0.2) is 0 Å². The SMILES string of the molecule is Cc1cc(/N=c2\n(C)c(=O)n([C@@H](CCO)C(=O)O)c(=O)n2Cc2ccc(Cl)cc2)ccc1OC(C)C. The van der Waals surface area contributed by atoms with Crippen LogP contribution < -0.4 is 21.7 Å². The van der Waals surface area contributed by atoms with Crippen LogP contribution in [0.3, 0.4) is 0 Å². The van der Waals surface area contributed by atoms with Crippen molar-refractivity contribution in [1.82, 2.24) is 13.7 Å². The van der Waals surface area contributed by atoms with Gasteiger partial charge >= 0.3 is 17.3 Å². The van der Waals surface area contributed by atoms with Crippen molar-refractivity contribution >= 4 is 23.3 Å². The number of aliphatic hydroxyl groups is 1. The lowest BCUT2D eigenvalue weighted by Gasteiger charge is -2.18. The van der Waals surface area contributed by atoms with Crippen LogP contribution in [0.25, 0.3) is 0 Å². The van der Waals surface area contributed by atoms with Crippen LogP contribution in [-0.4, -0.2) is 42.6 Å². The first-order valence-electron chi connectivity index (χ1n) is 11.4. The Labute approximate surface area is 212 Å². The number of nitrogens with zero attached hydrogens (tertiary/aromatic N) is 4. The summed E-state index contributed by atoms with van der Waals surface area (Å²) in [5, 5.41) is 19.5. The molecule has 0 spiro atoms. The zero-order valence-electron chi connectivity index (χ0n) is 20.5. The molecule has 0 fully saturated rings. The van der Waals surface area contributed by atoms with Crippen LogP contribution >= 0.6 is 11.6 Å². The summed E-state index contributed by atoms with van der Waals surface area (Å²) in [5.41, 5.74) is 0.301. The summed E-state index contributed by atoms with van der Waals surface area (Å²) < 4.78 is 8.76. The second-order valence-electron chi connectivity index (χ2n) is 8.60. The number of carbonyl (C=O) groups is 1. The highest BCUT2D eigenvalue weighted by Gasteiger charge is 2.26. The van der Waals surface area contributed by atoms with E-state index in [1.54, 1.807) is 42.5 Å². The molecule has 0 saturated heterocycles. The maximum absolute atomic E-state index is 13.5. The highest BCUT2D eigenvalue weighted by Crippen LogP contribution is 2.24. The van der Waals surface area contributed by atoms with Gasteiger partial charge in [0.1, 0.15) is 11.8 Å². The number of carboxylic acids is 1. The number of aliphatic carboxylic acids is 1. The van der Waals surface area contributed by atoms with Crippen molar-refractivity contribution in [2.75, 3.05) is 6.61 Å². The molecule has 0 aliphatic rings. The summed E-state index contributed by atoms with van der Waals surface area (Å²) in [6.45, 7) is 5.19. The fourth-order valence-electron chi connectivity index (χ4n) is 3.73. The fourth-order valence-corrected chi connectivity index (χ4v) is 3.85. The third-order valence-corrected chi connectivity index (χ3v) is 5.73. The van der Waals surface area contributed by atoms with E-state index in [1.807, 2.05) is 20.8 Å². The molecule has 1 aromatic heterocycles. The summed E-state index contributed by atoms with van der Waals surface area (Å²) in [6, 6.07) is 10.5. The minimum Gasteiger partial charge on any atom is -0.491 e. The maximum Gasteiger partial charge on any atom is 0.336 e. The van der Waals surface area contributed by atoms with Crippen molar-refractivity contribution in [3.05, 3.63) is 85.2 Å². The quantitative estimate of drug-likeness (QED) is 0.449. The zero-order valence-corrected chi connectivity index (χ0v) is 21.3. The van der Waals surface area contributed by atoms with E-state index in [2.05, 4.69) is 4.99 Å². The van der Waals surface area contributed by atoms with E-state index in [4.69, 9.17) is 16.3 Å². The summed E-state index contributed by atoms with van der Waals surface area (Å²) in [5.74, 6) is -0.710. The van der Waals surface area contributed by atoms with Gasteiger partial charge < -0.3 is 14.9 Å². The highest BCUT2D eigenvalue weighted by atomic mass is 35.5. The van der Waals surface area contributed by atoms with Crippen molar-refractivity contribution in [3.63, 3.8) is 0 Å². The Balaban J connectivity index is 2.30. The Morgan fingerprint density at radius 1 is 1.11 bits per heavy atom. The van der Waals surface area contributed by atoms with E-state index in [0.717, 1.165) is 10.1 Å². The zero-order chi connectivity index (χ0) is 26.6. The first-order chi connectivity index (χ1) is 17.0. The van der Waals surface area contributed by atoms with Crippen LogP contribution in [0.2, 0.25) is 5.02 Å². The molecule has 11 heteroatoms. The Morgan fingerprint density at radius 2 is 1.78 bits per heavy atom. The summed E-state index contributed by atoms with van der Waals surface area (Å²) >= 11 is 5.99. The predicted octanol–water partition coefficient (Wildman–Crippen LogP) is 2.39. The van der Waals surface area contributed by atoms with Crippen LogP contribution in [0.1, 0.15) is 37.4 Å². The third kappa shape index (κ3) is 5.95. The van der Waals surface area contributed by atoms with E-state index in [-0.39, 0.29) is 24.7 Å². The highest BCUT2D eigenvalue weighted by molar-refractivity contribution is 6.30. The Hall–Kier alpha value is -3.63. The number of hydrogen-bond donors (Lipinski definition) is 2. The summed E-state index contributed by atoms with van der Waals surface area (Å²) in [4.78, 5) is 43.2. The van der Waals surface area contributed by atoms with E-state index in [1.165, 1.54) is 11.6 Å². The van der Waals surface area contributed by atoms with Crippen LogP contribution in [0.15, 0.2) is 57.0 Å². The van der Waals surface area contributed by atoms with Gasteiger partial charge in [0.25, 0.3) is 0 Å².